The Labute approximate surface area is 145 Å². The Morgan fingerprint density at radius 3 is 2.38 bits per heavy atom. The molecule has 2 rings (SSSR count). The summed E-state index contributed by atoms with van der Waals surface area (Å²) in [6.07, 6.45) is 2.06. The first kappa shape index (κ1) is 18.6. The second-order valence-corrected chi connectivity index (χ2v) is 7.68. The van der Waals surface area contributed by atoms with Gasteiger partial charge in [0.25, 0.3) is 0 Å². The van der Waals surface area contributed by atoms with Crippen LogP contribution in [0.15, 0.2) is 24.3 Å². The molecular weight excluding hydrogens is 302 g/mol. The van der Waals surface area contributed by atoms with Gasteiger partial charge in [0, 0.05) is 25.8 Å². The van der Waals surface area contributed by atoms with Gasteiger partial charge in [0.15, 0.2) is 0 Å². The SMILES string of the molecule is CN(CCN1CCC(c2ccc(N)cc2)CC1)C(=O)OC(C)(C)C. The number of nitrogens with zero attached hydrogens (tertiary/aromatic N) is 2. The van der Waals surface area contributed by atoms with E-state index in [0.29, 0.717) is 12.5 Å². The fraction of sp³-hybridized carbons (Fsp3) is 0.632. The van der Waals surface area contributed by atoms with Crippen molar-refractivity contribution in [1.82, 2.24) is 9.80 Å². The van der Waals surface area contributed by atoms with E-state index in [1.807, 2.05) is 32.9 Å². The number of likely N-dealkylation sites (tertiary alicyclic amines) is 1. The number of anilines is 1. The van der Waals surface area contributed by atoms with Crippen LogP contribution in [0.5, 0.6) is 0 Å². The minimum absolute atomic E-state index is 0.251. The molecule has 1 heterocycles. The number of hydrogen-bond donors (Lipinski definition) is 1. The van der Waals surface area contributed by atoms with E-state index in [2.05, 4.69) is 17.0 Å². The van der Waals surface area contributed by atoms with Gasteiger partial charge in [0.05, 0.1) is 0 Å². The van der Waals surface area contributed by atoms with E-state index in [4.69, 9.17) is 10.5 Å². The van der Waals surface area contributed by atoms with E-state index in [9.17, 15) is 4.79 Å². The van der Waals surface area contributed by atoms with Gasteiger partial charge in [-0.25, -0.2) is 4.79 Å². The minimum atomic E-state index is -0.442. The second-order valence-electron chi connectivity index (χ2n) is 7.68. The number of piperidine rings is 1. The number of rotatable bonds is 4. The van der Waals surface area contributed by atoms with Crippen LogP contribution in [0, 0.1) is 0 Å². The summed E-state index contributed by atoms with van der Waals surface area (Å²) in [5.41, 5.74) is 7.52. The molecule has 0 aliphatic carbocycles. The van der Waals surface area contributed by atoms with E-state index in [1.54, 1.807) is 11.9 Å². The summed E-state index contributed by atoms with van der Waals surface area (Å²) in [6.45, 7) is 9.39. The maximum atomic E-state index is 12.0. The lowest BCUT2D eigenvalue weighted by Gasteiger charge is -2.33. The Bertz CT molecular complexity index is 529. The van der Waals surface area contributed by atoms with Gasteiger partial charge in [-0.2, -0.15) is 0 Å². The Hall–Kier alpha value is -1.75. The van der Waals surface area contributed by atoms with Crippen molar-refractivity contribution in [3.63, 3.8) is 0 Å². The van der Waals surface area contributed by atoms with Crippen LogP contribution in [0.2, 0.25) is 0 Å². The number of nitrogen functional groups attached to an aromatic ring is 1. The molecule has 134 valence electrons. The average molecular weight is 333 g/mol. The molecule has 1 amide bonds. The fourth-order valence-electron chi connectivity index (χ4n) is 2.98. The highest BCUT2D eigenvalue weighted by Crippen LogP contribution is 2.28. The van der Waals surface area contributed by atoms with Crippen molar-refractivity contribution >= 4 is 11.8 Å². The van der Waals surface area contributed by atoms with Gasteiger partial charge in [0.2, 0.25) is 0 Å². The van der Waals surface area contributed by atoms with Crippen LogP contribution in [-0.4, -0.2) is 54.7 Å². The number of benzene rings is 1. The second kappa shape index (κ2) is 7.88. The van der Waals surface area contributed by atoms with Gasteiger partial charge in [-0.05, 0) is 70.3 Å². The highest BCUT2D eigenvalue weighted by molar-refractivity contribution is 5.67. The zero-order valence-electron chi connectivity index (χ0n) is 15.4. The van der Waals surface area contributed by atoms with Gasteiger partial charge in [-0.15, -0.1) is 0 Å². The third kappa shape index (κ3) is 5.71. The molecule has 1 aliphatic heterocycles. The Balaban J connectivity index is 1.73. The van der Waals surface area contributed by atoms with E-state index >= 15 is 0 Å². The van der Waals surface area contributed by atoms with Crippen molar-refractivity contribution in [3.05, 3.63) is 29.8 Å². The van der Waals surface area contributed by atoms with Crippen LogP contribution in [-0.2, 0) is 4.74 Å². The predicted molar refractivity (Wildman–Crippen MR) is 98.1 cm³/mol. The minimum Gasteiger partial charge on any atom is -0.444 e. The molecule has 1 fully saturated rings. The maximum Gasteiger partial charge on any atom is 0.410 e. The highest BCUT2D eigenvalue weighted by atomic mass is 16.6. The summed E-state index contributed by atoms with van der Waals surface area (Å²) in [4.78, 5) is 16.1. The summed E-state index contributed by atoms with van der Waals surface area (Å²) in [5, 5.41) is 0. The molecule has 24 heavy (non-hydrogen) atoms. The fourth-order valence-corrected chi connectivity index (χ4v) is 2.98. The Kier molecular flexibility index (Phi) is 6.10. The number of amides is 1. The number of carbonyl (C=O) groups is 1. The quantitative estimate of drug-likeness (QED) is 0.859. The first-order valence-corrected chi connectivity index (χ1v) is 8.76. The van der Waals surface area contributed by atoms with Crippen LogP contribution < -0.4 is 5.73 Å². The largest absolute Gasteiger partial charge is 0.444 e. The van der Waals surface area contributed by atoms with Crippen molar-refractivity contribution in [1.29, 1.82) is 0 Å². The zero-order chi connectivity index (χ0) is 17.7. The summed E-state index contributed by atoms with van der Waals surface area (Å²) in [6, 6.07) is 8.26. The average Bonchev–Trinajstić information content (AvgIpc) is 2.52. The molecule has 0 bridgehead atoms. The summed E-state index contributed by atoms with van der Waals surface area (Å²) >= 11 is 0. The highest BCUT2D eigenvalue weighted by Gasteiger charge is 2.23. The standard InChI is InChI=1S/C19H31N3O2/c1-19(2,3)24-18(23)21(4)13-14-22-11-9-16(10-12-22)15-5-7-17(20)8-6-15/h5-8,16H,9-14,20H2,1-4H3. The van der Waals surface area contributed by atoms with Crippen molar-refractivity contribution in [3.8, 4) is 0 Å². The topological polar surface area (TPSA) is 58.8 Å². The molecule has 0 unspecified atom stereocenters. The predicted octanol–water partition coefficient (Wildman–Crippen LogP) is 3.32. The number of ether oxygens (including phenoxy) is 1. The molecule has 0 atom stereocenters. The summed E-state index contributed by atoms with van der Waals surface area (Å²) in [5.74, 6) is 0.616. The first-order chi connectivity index (χ1) is 11.2. The van der Waals surface area contributed by atoms with Crippen molar-refractivity contribution in [2.45, 2.75) is 45.1 Å². The van der Waals surface area contributed by atoms with Gasteiger partial charge < -0.3 is 20.3 Å². The normalized spacial score (nSPS) is 16.8. The van der Waals surface area contributed by atoms with E-state index in [-0.39, 0.29) is 6.09 Å². The Morgan fingerprint density at radius 1 is 1.25 bits per heavy atom. The van der Waals surface area contributed by atoms with Crippen LogP contribution >= 0.6 is 0 Å². The number of likely N-dealkylation sites (N-methyl/N-ethyl adjacent to an activating group) is 1. The third-order valence-corrected chi connectivity index (χ3v) is 4.45. The van der Waals surface area contributed by atoms with Crippen molar-refractivity contribution < 1.29 is 9.53 Å². The van der Waals surface area contributed by atoms with E-state index in [0.717, 1.165) is 38.2 Å². The van der Waals surface area contributed by atoms with Crippen LogP contribution in [0.25, 0.3) is 0 Å². The monoisotopic (exact) mass is 333 g/mol. The number of hydrogen-bond acceptors (Lipinski definition) is 4. The molecule has 1 aliphatic rings. The van der Waals surface area contributed by atoms with E-state index < -0.39 is 5.60 Å². The molecule has 0 aromatic heterocycles. The molecule has 1 aromatic rings. The number of carbonyl (C=O) groups excluding carboxylic acids is 1. The summed E-state index contributed by atoms with van der Waals surface area (Å²) < 4.78 is 5.38. The van der Waals surface area contributed by atoms with Crippen LogP contribution in [0.1, 0.15) is 45.1 Å². The van der Waals surface area contributed by atoms with Crippen molar-refractivity contribution in [2.24, 2.45) is 0 Å². The molecular formula is C19H31N3O2. The molecule has 2 N–H and O–H groups in total. The third-order valence-electron chi connectivity index (χ3n) is 4.45. The lowest BCUT2D eigenvalue weighted by atomic mass is 9.89. The maximum absolute atomic E-state index is 12.0. The Morgan fingerprint density at radius 2 is 1.83 bits per heavy atom. The lowest BCUT2D eigenvalue weighted by Crippen LogP contribution is -2.41. The van der Waals surface area contributed by atoms with E-state index in [1.165, 1.54) is 5.56 Å². The molecule has 5 nitrogen and oxygen atoms in total. The van der Waals surface area contributed by atoms with Gasteiger partial charge >= 0.3 is 6.09 Å². The molecule has 0 radical (unpaired) electrons. The smallest absolute Gasteiger partial charge is 0.410 e. The van der Waals surface area contributed by atoms with Gasteiger partial charge in [-0.3, -0.25) is 0 Å². The zero-order valence-corrected chi connectivity index (χ0v) is 15.4. The first-order valence-electron chi connectivity index (χ1n) is 8.76. The molecule has 1 saturated heterocycles. The molecule has 1 aromatic carbocycles. The van der Waals surface area contributed by atoms with Gasteiger partial charge in [-0.1, -0.05) is 12.1 Å². The molecule has 0 saturated carbocycles. The lowest BCUT2D eigenvalue weighted by molar-refractivity contribution is 0.0278. The van der Waals surface area contributed by atoms with Gasteiger partial charge in [0.1, 0.15) is 5.60 Å². The molecule has 5 heteroatoms. The summed E-state index contributed by atoms with van der Waals surface area (Å²) in [7, 11) is 1.80. The number of nitrogens with two attached hydrogens (primary N) is 1. The molecule has 0 spiro atoms. The van der Waals surface area contributed by atoms with Crippen LogP contribution in [0.4, 0.5) is 10.5 Å². The van der Waals surface area contributed by atoms with Crippen molar-refractivity contribution in [2.75, 3.05) is 39.0 Å². The van der Waals surface area contributed by atoms with Crippen LogP contribution in [0.3, 0.4) is 0 Å².